The lowest BCUT2D eigenvalue weighted by atomic mass is 10.2. The highest BCUT2D eigenvalue weighted by molar-refractivity contribution is 5.81. The van der Waals surface area contributed by atoms with Crippen molar-refractivity contribution in [2.45, 2.75) is 32.0 Å². The Hall–Kier alpha value is -2.14. The number of allylic oxidation sites excluding steroid dienone is 1. The molecule has 2 heterocycles. The zero-order valence-electron chi connectivity index (χ0n) is 11.9. The highest BCUT2D eigenvalue weighted by atomic mass is 16.5. The number of hydrogen-bond donors (Lipinski definition) is 1. The number of ether oxygens (including phenoxy) is 1. The quantitative estimate of drug-likeness (QED) is 0.855. The van der Waals surface area contributed by atoms with Gasteiger partial charge in [-0.3, -0.25) is 4.79 Å². The van der Waals surface area contributed by atoms with Crippen LogP contribution in [-0.4, -0.2) is 28.2 Å². The summed E-state index contributed by atoms with van der Waals surface area (Å²) in [6.45, 7) is 5.54. The van der Waals surface area contributed by atoms with Gasteiger partial charge < -0.3 is 14.6 Å². The molecule has 110 valence electrons. The smallest absolute Gasteiger partial charge is 0.249 e. The first-order valence-electron chi connectivity index (χ1n) is 7.24. The minimum absolute atomic E-state index is 0.0512. The molecule has 1 N–H and O–H groups in total. The maximum atomic E-state index is 12.0. The Labute approximate surface area is 123 Å². The fourth-order valence-electron chi connectivity index (χ4n) is 2.66. The van der Waals surface area contributed by atoms with E-state index in [0.29, 0.717) is 19.7 Å². The van der Waals surface area contributed by atoms with Gasteiger partial charge in [-0.05, 0) is 25.0 Å². The number of amides is 1. The van der Waals surface area contributed by atoms with Crippen molar-refractivity contribution in [3.05, 3.63) is 42.7 Å². The van der Waals surface area contributed by atoms with Gasteiger partial charge in [0.15, 0.2) is 0 Å². The number of nitrogens with one attached hydrogen (secondary N) is 1. The van der Waals surface area contributed by atoms with Crippen LogP contribution < -0.4 is 5.32 Å². The molecule has 3 rings (SSSR count). The number of para-hydroxylation sites is 2. The Kier molecular flexibility index (Phi) is 4.01. The number of benzene rings is 1. The lowest BCUT2D eigenvalue weighted by Crippen LogP contribution is -2.34. The fourth-order valence-corrected chi connectivity index (χ4v) is 2.66. The van der Waals surface area contributed by atoms with Crippen LogP contribution in [0.2, 0.25) is 0 Å². The number of fused-ring (bicyclic) bond motifs is 1. The second kappa shape index (κ2) is 6.10. The van der Waals surface area contributed by atoms with E-state index in [2.05, 4.69) is 21.4 Å². The minimum Gasteiger partial charge on any atom is -0.368 e. The van der Waals surface area contributed by atoms with Gasteiger partial charge in [-0.2, -0.15) is 0 Å². The average molecular weight is 285 g/mol. The highest BCUT2D eigenvalue weighted by Gasteiger charge is 2.23. The molecule has 1 aliphatic heterocycles. The van der Waals surface area contributed by atoms with Gasteiger partial charge in [0.2, 0.25) is 5.91 Å². The number of imidazole rings is 1. The summed E-state index contributed by atoms with van der Waals surface area (Å²) in [6, 6.07) is 7.94. The van der Waals surface area contributed by atoms with E-state index in [-0.39, 0.29) is 12.0 Å². The van der Waals surface area contributed by atoms with Crippen molar-refractivity contribution < 1.29 is 9.53 Å². The summed E-state index contributed by atoms with van der Waals surface area (Å²) in [5.41, 5.74) is 1.99. The van der Waals surface area contributed by atoms with Gasteiger partial charge in [0.25, 0.3) is 0 Å². The molecule has 1 atom stereocenters. The molecule has 1 fully saturated rings. The molecule has 5 nitrogen and oxygen atoms in total. The Morgan fingerprint density at radius 2 is 2.38 bits per heavy atom. The molecule has 1 saturated heterocycles. The molecule has 1 aromatic carbocycles. The van der Waals surface area contributed by atoms with Gasteiger partial charge in [-0.25, -0.2) is 4.98 Å². The van der Waals surface area contributed by atoms with Crippen LogP contribution in [0.15, 0.2) is 36.9 Å². The van der Waals surface area contributed by atoms with Crippen LogP contribution in [0.5, 0.6) is 0 Å². The van der Waals surface area contributed by atoms with E-state index < -0.39 is 0 Å². The third kappa shape index (κ3) is 2.83. The monoisotopic (exact) mass is 285 g/mol. The summed E-state index contributed by atoms with van der Waals surface area (Å²) < 4.78 is 7.45. The Bertz CT molecular complexity index is 657. The molecule has 0 radical (unpaired) electrons. The third-order valence-electron chi connectivity index (χ3n) is 3.69. The van der Waals surface area contributed by atoms with Crippen molar-refractivity contribution in [1.29, 1.82) is 0 Å². The number of aromatic nitrogens is 2. The van der Waals surface area contributed by atoms with Crippen LogP contribution in [0.3, 0.4) is 0 Å². The van der Waals surface area contributed by atoms with Crippen LogP contribution >= 0.6 is 0 Å². The lowest BCUT2D eigenvalue weighted by molar-refractivity contribution is -0.130. The second-order valence-electron chi connectivity index (χ2n) is 5.14. The van der Waals surface area contributed by atoms with E-state index in [1.54, 1.807) is 0 Å². The SMILES string of the molecule is C=CCn1c(CNC(=O)C2CCCO2)nc2ccccc21. The summed E-state index contributed by atoms with van der Waals surface area (Å²) in [5, 5.41) is 2.92. The molecule has 0 bridgehead atoms. The molecule has 21 heavy (non-hydrogen) atoms. The van der Waals surface area contributed by atoms with Crippen LogP contribution in [0.1, 0.15) is 18.7 Å². The standard InChI is InChI=1S/C16H19N3O2/c1-2-9-19-13-7-4-3-6-12(13)18-15(19)11-17-16(20)14-8-5-10-21-14/h2-4,6-7,14H,1,5,8-11H2,(H,17,20). The van der Waals surface area contributed by atoms with Gasteiger partial charge in [0.05, 0.1) is 17.6 Å². The molecule has 0 aliphatic carbocycles. The zero-order valence-corrected chi connectivity index (χ0v) is 11.9. The Balaban J connectivity index is 1.77. The average Bonchev–Trinajstić information content (AvgIpc) is 3.14. The minimum atomic E-state index is -0.303. The van der Waals surface area contributed by atoms with Gasteiger partial charge in [0.1, 0.15) is 11.9 Å². The largest absolute Gasteiger partial charge is 0.368 e. The van der Waals surface area contributed by atoms with Crippen molar-refractivity contribution in [3.63, 3.8) is 0 Å². The van der Waals surface area contributed by atoms with Crippen LogP contribution in [0, 0.1) is 0 Å². The maximum Gasteiger partial charge on any atom is 0.249 e. The Morgan fingerprint density at radius 1 is 1.52 bits per heavy atom. The number of nitrogens with zero attached hydrogens (tertiary/aromatic N) is 2. The van der Waals surface area contributed by atoms with Crippen molar-refractivity contribution in [3.8, 4) is 0 Å². The first kappa shape index (κ1) is 13.8. The molecule has 1 unspecified atom stereocenters. The van der Waals surface area contributed by atoms with Gasteiger partial charge in [-0.1, -0.05) is 18.2 Å². The van der Waals surface area contributed by atoms with Crippen LogP contribution in [0.4, 0.5) is 0 Å². The fraction of sp³-hybridized carbons (Fsp3) is 0.375. The molecule has 0 spiro atoms. The van der Waals surface area contributed by atoms with E-state index in [9.17, 15) is 4.79 Å². The van der Waals surface area contributed by atoms with Crippen molar-refractivity contribution >= 4 is 16.9 Å². The normalized spacial score (nSPS) is 18.0. The first-order valence-corrected chi connectivity index (χ1v) is 7.24. The molecule has 0 saturated carbocycles. The summed E-state index contributed by atoms with van der Waals surface area (Å²) in [4.78, 5) is 16.6. The third-order valence-corrected chi connectivity index (χ3v) is 3.69. The van der Waals surface area contributed by atoms with Gasteiger partial charge in [-0.15, -0.1) is 6.58 Å². The molecule has 5 heteroatoms. The number of carbonyl (C=O) groups excluding carboxylic acids is 1. The van der Waals surface area contributed by atoms with Crippen molar-refractivity contribution in [2.75, 3.05) is 6.61 Å². The van der Waals surface area contributed by atoms with Crippen molar-refractivity contribution in [1.82, 2.24) is 14.9 Å². The first-order chi connectivity index (χ1) is 10.3. The molecular formula is C16H19N3O2. The highest BCUT2D eigenvalue weighted by Crippen LogP contribution is 2.16. The van der Waals surface area contributed by atoms with Gasteiger partial charge >= 0.3 is 0 Å². The van der Waals surface area contributed by atoms with E-state index in [4.69, 9.17) is 4.74 Å². The molecule has 1 aromatic heterocycles. The molecule has 1 amide bonds. The number of rotatable bonds is 5. The summed E-state index contributed by atoms with van der Waals surface area (Å²) in [5.74, 6) is 0.784. The van der Waals surface area contributed by atoms with E-state index in [1.807, 2.05) is 30.3 Å². The van der Waals surface area contributed by atoms with Crippen molar-refractivity contribution in [2.24, 2.45) is 0 Å². The summed E-state index contributed by atoms with van der Waals surface area (Å²) in [7, 11) is 0. The van der Waals surface area contributed by atoms with Crippen LogP contribution in [-0.2, 0) is 22.6 Å². The zero-order chi connectivity index (χ0) is 14.7. The second-order valence-corrected chi connectivity index (χ2v) is 5.14. The number of carbonyl (C=O) groups is 1. The molecule has 2 aromatic rings. The topological polar surface area (TPSA) is 56.2 Å². The predicted molar refractivity (Wildman–Crippen MR) is 80.8 cm³/mol. The molecule has 1 aliphatic rings. The predicted octanol–water partition coefficient (Wildman–Crippen LogP) is 2.02. The van der Waals surface area contributed by atoms with Crippen LogP contribution in [0.25, 0.3) is 11.0 Å². The Morgan fingerprint density at radius 3 is 3.14 bits per heavy atom. The lowest BCUT2D eigenvalue weighted by Gasteiger charge is -2.11. The van der Waals surface area contributed by atoms with E-state index in [1.165, 1.54) is 0 Å². The summed E-state index contributed by atoms with van der Waals surface area (Å²) >= 11 is 0. The van der Waals surface area contributed by atoms with Gasteiger partial charge in [0, 0.05) is 13.2 Å². The molecular weight excluding hydrogens is 266 g/mol. The summed E-state index contributed by atoms with van der Waals surface area (Å²) in [6.07, 6.45) is 3.28. The van der Waals surface area contributed by atoms with E-state index >= 15 is 0 Å². The maximum absolute atomic E-state index is 12.0. The van der Waals surface area contributed by atoms with E-state index in [0.717, 1.165) is 29.7 Å². The number of hydrogen-bond acceptors (Lipinski definition) is 3.